The Kier molecular flexibility index (Phi) is 3.30. The van der Waals surface area contributed by atoms with Crippen molar-refractivity contribution in [2.75, 3.05) is 0 Å². The fourth-order valence-electron chi connectivity index (χ4n) is 5.01. The molecule has 0 N–H and O–H groups in total. The van der Waals surface area contributed by atoms with Gasteiger partial charge in [0.05, 0.1) is 16.7 Å². The van der Waals surface area contributed by atoms with E-state index in [9.17, 15) is 0 Å². The van der Waals surface area contributed by atoms with E-state index in [0.29, 0.717) is 0 Å². The van der Waals surface area contributed by atoms with Gasteiger partial charge in [-0.05, 0) is 29.3 Å². The molecular weight excluding hydrogens is 376 g/mol. The van der Waals surface area contributed by atoms with E-state index >= 15 is 0 Å². The van der Waals surface area contributed by atoms with E-state index in [-0.39, 0.29) is 0 Å². The third-order valence-electron chi connectivity index (χ3n) is 6.36. The number of hydrogen-bond donors (Lipinski definition) is 0. The molecule has 0 fully saturated rings. The Hall–Kier alpha value is -4.17. The first-order valence-electron chi connectivity index (χ1n) is 10.6. The molecule has 0 aliphatic carbocycles. The van der Waals surface area contributed by atoms with E-state index < -0.39 is 0 Å². The first-order valence-corrected chi connectivity index (χ1v) is 10.6. The van der Waals surface area contributed by atoms with Crippen molar-refractivity contribution < 1.29 is 0 Å². The zero-order chi connectivity index (χ0) is 20.4. The molecule has 0 atom stereocenters. The predicted molar refractivity (Wildman–Crippen MR) is 128 cm³/mol. The Morgan fingerprint density at radius 2 is 1.16 bits per heavy atom. The van der Waals surface area contributed by atoms with Gasteiger partial charge in [-0.3, -0.25) is 4.57 Å². The van der Waals surface area contributed by atoms with Crippen LogP contribution in [-0.2, 0) is 0 Å². The van der Waals surface area contributed by atoms with Crippen molar-refractivity contribution >= 4 is 21.8 Å². The molecule has 3 heterocycles. The summed E-state index contributed by atoms with van der Waals surface area (Å²) in [7, 11) is 0. The molecule has 144 valence electrons. The smallest absolute Gasteiger partial charge is 0.146 e. The molecule has 0 saturated carbocycles. The van der Waals surface area contributed by atoms with Crippen molar-refractivity contribution in [1.29, 1.82) is 0 Å². The number of aromatic nitrogens is 2. The zero-order valence-corrected chi connectivity index (χ0v) is 16.8. The van der Waals surface area contributed by atoms with E-state index in [0.717, 1.165) is 22.6 Å². The molecule has 0 saturated heterocycles. The quantitative estimate of drug-likeness (QED) is 0.282. The number of fused-ring (bicyclic) bond motifs is 8. The summed E-state index contributed by atoms with van der Waals surface area (Å²) >= 11 is 0. The lowest BCUT2D eigenvalue weighted by molar-refractivity contribution is 1.09. The molecule has 0 spiro atoms. The molecule has 2 heteroatoms. The number of rotatable bonds is 1. The third kappa shape index (κ3) is 2.25. The molecule has 1 aliphatic heterocycles. The van der Waals surface area contributed by atoms with Crippen LogP contribution in [0.15, 0.2) is 109 Å². The van der Waals surface area contributed by atoms with Crippen molar-refractivity contribution in [3.63, 3.8) is 0 Å². The van der Waals surface area contributed by atoms with Crippen LogP contribution in [0.4, 0.5) is 0 Å². The molecule has 31 heavy (non-hydrogen) atoms. The van der Waals surface area contributed by atoms with Gasteiger partial charge in [-0.15, -0.1) is 0 Å². The SMILES string of the molecule is c1ccc(-c2ccc3c(n2)-n2c4ccccc4c4cccc(c42)-c2ccccc2-3)cc1. The summed E-state index contributed by atoms with van der Waals surface area (Å²) in [6.07, 6.45) is 0. The Morgan fingerprint density at radius 1 is 0.484 bits per heavy atom. The number of hydrogen-bond acceptors (Lipinski definition) is 1. The fourth-order valence-corrected chi connectivity index (χ4v) is 5.01. The summed E-state index contributed by atoms with van der Waals surface area (Å²) in [4.78, 5) is 5.25. The number of para-hydroxylation sites is 2. The Morgan fingerprint density at radius 3 is 2.03 bits per heavy atom. The monoisotopic (exact) mass is 394 g/mol. The van der Waals surface area contributed by atoms with Gasteiger partial charge in [0.1, 0.15) is 5.82 Å². The van der Waals surface area contributed by atoms with E-state index in [1.165, 1.54) is 38.5 Å². The lowest BCUT2D eigenvalue weighted by Gasteiger charge is -2.13. The highest BCUT2D eigenvalue weighted by Gasteiger charge is 2.25. The standard InChI is InChI=1S/C29H18N2/c1-2-9-19(10-3-1)26-18-17-25-21-12-5-4-11-20(21)23-14-8-15-24-22-13-6-7-16-27(22)31(28(23)24)29(25)30-26/h1-18H. The summed E-state index contributed by atoms with van der Waals surface area (Å²) in [5.74, 6) is 0.991. The predicted octanol–water partition coefficient (Wildman–Crippen LogP) is 7.49. The highest BCUT2D eigenvalue weighted by molar-refractivity contribution is 6.16. The largest absolute Gasteiger partial charge is 0.293 e. The van der Waals surface area contributed by atoms with Crippen LogP contribution < -0.4 is 0 Å². The maximum Gasteiger partial charge on any atom is 0.146 e. The van der Waals surface area contributed by atoms with Gasteiger partial charge in [0.25, 0.3) is 0 Å². The summed E-state index contributed by atoms with van der Waals surface area (Å²) in [5, 5.41) is 2.53. The van der Waals surface area contributed by atoms with Crippen LogP contribution in [0.2, 0.25) is 0 Å². The minimum atomic E-state index is 0.988. The number of benzene rings is 4. The van der Waals surface area contributed by atoms with Gasteiger partial charge in [0.15, 0.2) is 0 Å². The topological polar surface area (TPSA) is 17.8 Å². The van der Waals surface area contributed by atoms with E-state index in [4.69, 9.17) is 4.98 Å². The van der Waals surface area contributed by atoms with Gasteiger partial charge < -0.3 is 0 Å². The summed E-state index contributed by atoms with van der Waals surface area (Å²) in [5.41, 5.74) is 9.43. The lowest BCUT2D eigenvalue weighted by Crippen LogP contribution is -2.00. The highest BCUT2D eigenvalue weighted by Crippen LogP contribution is 2.46. The molecule has 0 radical (unpaired) electrons. The van der Waals surface area contributed by atoms with Gasteiger partial charge in [0.2, 0.25) is 0 Å². The van der Waals surface area contributed by atoms with E-state index in [1.54, 1.807) is 0 Å². The molecule has 7 rings (SSSR count). The van der Waals surface area contributed by atoms with Crippen molar-refractivity contribution in [1.82, 2.24) is 9.55 Å². The highest BCUT2D eigenvalue weighted by atomic mass is 15.1. The van der Waals surface area contributed by atoms with E-state index in [1.807, 2.05) is 6.07 Å². The van der Waals surface area contributed by atoms with Crippen molar-refractivity contribution in [3.05, 3.63) is 109 Å². The maximum atomic E-state index is 5.25. The summed E-state index contributed by atoms with van der Waals surface area (Å²) in [6, 6.07) is 38.8. The van der Waals surface area contributed by atoms with Gasteiger partial charge in [-0.25, -0.2) is 4.98 Å². The molecule has 2 aromatic heterocycles. The second-order valence-electron chi connectivity index (χ2n) is 8.03. The molecule has 2 nitrogen and oxygen atoms in total. The molecule has 0 unspecified atom stereocenters. The molecular formula is C29H18N2. The van der Waals surface area contributed by atoms with Gasteiger partial charge in [-0.1, -0.05) is 91.0 Å². The Balaban J connectivity index is 1.71. The molecule has 0 bridgehead atoms. The van der Waals surface area contributed by atoms with Crippen LogP contribution in [0.5, 0.6) is 0 Å². The number of pyridine rings is 1. The van der Waals surface area contributed by atoms with Crippen LogP contribution in [0.1, 0.15) is 0 Å². The normalized spacial score (nSPS) is 11.9. The maximum absolute atomic E-state index is 5.25. The molecule has 0 amide bonds. The van der Waals surface area contributed by atoms with Crippen molar-refractivity contribution in [2.45, 2.75) is 0 Å². The van der Waals surface area contributed by atoms with Crippen molar-refractivity contribution in [3.8, 4) is 39.3 Å². The zero-order valence-electron chi connectivity index (χ0n) is 16.8. The van der Waals surface area contributed by atoms with Crippen LogP contribution >= 0.6 is 0 Å². The molecule has 6 aromatic rings. The van der Waals surface area contributed by atoms with Crippen LogP contribution in [0.3, 0.4) is 0 Å². The fraction of sp³-hybridized carbons (Fsp3) is 0. The molecule has 1 aliphatic rings. The van der Waals surface area contributed by atoms with Gasteiger partial charge >= 0.3 is 0 Å². The Bertz CT molecular complexity index is 1620. The second-order valence-corrected chi connectivity index (χ2v) is 8.03. The Labute approximate surface area is 180 Å². The van der Waals surface area contributed by atoms with Crippen LogP contribution in [-0.4, -0.2) is 9.55 Å². The van der Waals surface area contributed by atoms with E-state index in [2.05, 4.69) is 108 Å². The van der Waals surface area contributed by atoms with Crippen LogP contribution in [0.25, 0.3) is 61.1 Å². The molecule has 4 aromatic carbocycles. The lowest BCUT2D eigenvalue weighted by atomic mass is 9.94. The average Bonchev–Trinajstić information content (AvgIpc) is 3.12. The number of nitrogens with zero attached hydrogens (tertiary/aromatic N) is 2. The average molecular weight is 394 g/mol. The first kappa shape index (κ1) is 16.6. The van der Waals surface area contributed by atoms with Crippen LogP contribution in [0, 0.1) is 0 Å². The van der Waals surface area contributed by atoms with Gasteiger partial charge in [-0.2, -0.15) is 0 Å². The van der Waals surface area contributed by atoms with Gasteiger partial charge in [0, 0.05) is 27.5 Å². The third-order valence-corrected chi connectivity index (χ3v) is 6.36. The minimum absolute atomic E-state index is 0.988. The first-order chi connectivity index (χ1) is 15.4. The minimum Gasteiger partial charge on any atom is -0.293 e. The second kappa shape index (κ2) is 6.16. The van der Waals surface area contributed by atoms with Crippen molar-refractivity contribution in [2.24, 2.45) is 0 Å². The summed E-state index contributed by atoms with van der Waals surface area (Å²) < 4.78 is 2.36. The summed E-state index contributed by atoms with van der Waals surface area (Å²) in [6.45, 7) is 0.